The minimum Gasteiger partial charge on any atom is -0.423 e. The Hall–Kier alpha value is 0.655. The van der Waals surface area contributed by atoms with Gasteiger partial charge in [-0.05, 0) is 0 Å². The summed E-state index contributed by atoms with van der Waals surface area (Å²) in [6, 6.07) is 0. The van der Waals surface area contributed by atoms with Gasteiger partial charge in [-0.2, -0.15) is 0 Å². The van der Waals surface area contributed by atoms with Gasteiger partial charge in [0.25, 0.3) is 0 Å². The monoisotopic (exact) mass is 292 g/mol. The number of benzene rings is 1. The Morgan fingerprint density at radius 3 is 1.21 bits per heavy atom. The second-order valence-corrected chi connectivity index (χ2v) is 4.25. The third-order valence-electron chi connectivity index (χ3n) is 1.50. The Balaban J connectivity index is 3.60. The maximum Gasteiger partial charge on any atom is 0.491 e. The summed E-state index contributed by atoms with van der Waals surface area (Å²) < 4.78 is 0. The van der Waals surface area contributed by atoms with Crippen LogP contribution in [0.15, 0.2) is 0 Å². The molecule has 0 saturated heterocycles. The molecule has 0 radical (unpaired) electrons. The van der Waals surface area contributed by atoms with Crippen molar-refractivity contribution in [3.8, 4) is 0 Å². The van der Waals surface area contributed by atoms with Crippen LogP contribution in [0.1, 0.15) is 0 Å². The molecule has 0 unspecified atom stereocenters. The average Bonchev–Trinajstić information content (AvgIpc) is 2.11. The predicted molar refractivity (Wildman–Crippen MR) is 61.3 cm³/mol. The van der Waals surface area contributed by atoms with Gasteiger partial charge in [0.05, 0.1) is 25.1 Å². The van der Waals surface area contributed by atoms with E-state index in [0.29, 0.717) is 0 Å². The Labute approximate surface area is 105 Å². The summed E-state index contributed by atoms with van der Waals surface area (Å²) in [5, 5.41) is 17.5. The maximum atomic E-state index is 8.95. The molecule has 1 rings (SSSR count). The van der Waals surface area contributed by atoms with Gasteiger partial charge in [0.1, 0.15) is 0 Å². The van der Waals surface area contributed by atoms with Crippen molar-refractivity contribution in [2.45, 2.75) is 0 Å². The molecular weight excluding hydrogens is 292 g/mol. The molecule has 0 bridgehead atoms. The van der Waals surface area contributed by atoms with Crippen molar-refractivity contribution < 1.29 is 10.0 Å². The summed E-state index contributed by atoms with van der Waals surface area (Å²) in [5.41, 5.74) is -0.160. The molecule has 76 valence electrons. The molecular formula is C6H2BCl5O2. The topological polar surface area (TPSA) is 40.5 Å². The van der Waals surface area contributed by atoms with E-state index in [-0.39, 0.29) is 30.6 Å². The Morgan fingerprint density at radius 1 is 0.643 bits per heavy atom. The number of rotatable bonds is 1. The second kappa shape index (κ2) is 4.66. The molecule has 0 aliphatic rings. The molecule has 0 aromatic heterocycles. The Bertz CT molecular complexity index is 352. The standard InChI is InChI=1S/C6H2BCl5O2/c8-2-1(7(13)14)3(9)5(11)6(12)4(2)10/h13-14H. The minimum atomic E-state index is -1.86. The van der Waals surface area contributed by atoms with E-state index in [2.05, 4.69) is 0 Å². The van der Waals surface area contributed by atoms with E-state index >= 15 is 0 Å². The first-order chi connectivity index (χ1) is 6.37. The molecule has 0 amide bonds. The van der Waals surface area contributed by atoms with Gasteiger partial charge in [0.15, 0.2) is 0 Å². The summed E-state index contributed by atoms with van der Waals surface area (Å²) in [5.74, 6) is 0. The average molecular weight is 294 g/mol. The molecule has 0 saturated carbocycles. The Kier molecular flexibility index (Phi) is 4.24. The molecule has 1 aromatic rings. The van der Waals surface area contributed by atoms with Gasteiger partial charge in [0.2, 0.25) is 0 Å². The fraction of sp³-hybridized carbons (Fsp3) is 0. The van der Waals surface area contributed by atoms with Crippen LogP contribution in [0, 0.1) is 0 Å². The van der Waals surface area contributed by atoms with E-state index in [1.165, 1.54) is 0 Å². The highest BCUT2D eigenvalue weighted by atomic mass is 35.5. The highest BCUT2D eigenvalue weighted by Gasteiger charge is 2.26. The van der Waals surface area contributed by atoms with Gasteiger partial charge < -0.3 is 10.0 Å². The smallest absolute Gasteiger partial charge is 0.423 e. The van der Waals surface area contributed by atoms with Crippen molar-refractivity contribution in [1.82, 2.24) is 0 Å². The quantitative estimate of drug-likeness (QED) is 0.475. The highest BCUT2D eigenvalue weighted by molar-refractivity contribution is 6.70. The van der Waals surface area contributed by atoms with Gasteiger partial charge in [-0.1, -0.05) is 58.0 Å². The van der Waals surface area contributed by atoms with Gasteiger partial charge in [0, 0.05) is 5.46 Å². The molecule has 0 aliphatic heterocycles. The summed E-state index contributed by atoms with van der Waals surface area (Å²) in [7, 11) is -1.86. The van der Waals surface area contributed by atoms with E-state index in [1.54, 1.807) is 0 Å². The lowest BCUT2D eigenvalue weighted by atomic mass is 9.80. The first-order valence-electron chi connectivity index (χ1n) is 3.25. The van der Waals surface area contributed by atoms with E-state index in [0.717, 1.165) is 0 Å². The first kappa shape index (κ1) is 12.7. The van der Waals surface area contributed by atoms with Crippen LogP contribution in [0.2, 0.25) is 25.1 Å². The van der Waals surface area contributed by atoms with Crippen molar-refractivity contribution in [2.75, 3.05) is 0 Å². The van der Waals surface area contributed by atoms with Crippen LogP contribution in [0.5, 0.6) is 0 Å². The number of hydrogen-bond donors (Lipinski definition) is 2. The zero-order chi connectivity index (χ0) is 11.0. The third kappa shape index (κ3) is 2.09. The van der Waals surface area contributed by atoms with Crippen LogP contribution in [0.4, 0.5) is 0 Å². The second-order valence-electron chi connectivity index (χ2n) is 2.36. The van der Waals surface area contributed by atoms with E-state index in [4.69, 9.17) is 68.1 Å². The minimum absolute atomic E-state index is 0.0206. The van der Waals surface area contributed by atoms with Crippen LogP contribution in [-0.4, -0.2) is 17.2 Å². The molecule has 0 spiro atoms. The third-order valence-corrected chi connectivity index (χ3v) is 3.81. The van der Waals surface area contributed by atoms with Gasteiger partial charge in [-0.3, -0.25) is 0 Å². The zero-order valence-electron chi connectivity index (χ0n) is 6.36. The van der Waals surface area contributed by atoms with Crippen molar-refractivity contribution in [1.29, 1.82) is 0 Å². The van der Waals surface area contributed by atoms with Gasteiger partial charge >= 0.3 is 7.12 Å². The molecule has 0 aliphatic carbocycles. The van der Waals surface area contributed by atoms with Crippen LogP contribution >= 0.6 is 58.0 Å². The molecule has 0 fully saturated rings. The zero-order valence-corrected chi connectivity index (χ0v) is 10.1. The fourth-order valence-electron chi connectivity index (χ4n) is 0.849. The Morgan fingerprint density at radius 2 is 0.929 bits per heavy atom. The van der Waals surface area contributed by atoms with E-state index in [1.807, 2.05) is 0 Å². The summed E-state index contributed by atoms with van der Waals surface area (Å²) >= 11 is 28.4. The van der Waals surface area contributed by atoms with Crippen molar-refractivity contribution in [2.24, 2.45) is 0 Å². The van der Waals surface area contributed by atoms with Crippen LogP contribution < -0.4 is 5.46 Å². The molecule has 2 nitrogen and oxygen atoms in total. The molecule has 0 heterocycles. The molecule has 8 heteroatoms. The lowest BCUT2D eigenvalue weighted by Crippen LogP contribution is -2.32. The largest absolute Gasteiger partial charge is 0.491 e. The van der Waals surface area contributed by atoms with Crippen LogP contribution in [0.25, 0.3) is 0 Å². The first-order valence-corrected chi connectivity index (χ1v) is 5.14. The van der Waals surface area contributed by atoms with Crippen LogP contribution in [0.3, 0.4) is 0 Å². The number of halogens is 5. The van der Waals surface area contributed by atoms with Gasteiger partial charge in [-0.15, -0.1) is 0 Å². The van der Waals surface area contributed by atoms with Crippen molar-refractivity contribution in [3.63, 3.8) is 0 Å². The highest BCUT2D eigenvalue weighted by Crippen LogP contribution is 2.39. The summed E-state index contributed by atoms with van der Waals surface area (Å²) in [6.07, 6.45) is 0. The normalized spacial score (nSPS) is 10.5. The maximum absolute atomic E-state index is 8.95. The van der Waals surface area contributed by atoms with Crippen molar-refractivity contribution >= 4 is 70.6 Å². The molecule has 2 N–H and O–H groups in total. The van der Waals surface area contributed by atoms with Crippen LogP contribution in [-0.2, 0) is 0 Å². The lowest BCUT2D eigenvalue weighted by molar-refractivity contribution is 0.426. The molecule has 1 aromatic carbocycles. The fourth-order valence-corrected chi connectivity index (χ4v) is 2.20. The predicted octanol–water partition coefficient (Wildman–Crippen LogP) is 2.63. The SMILES string of the molecule is OB(O)c1c(Cl)c(Cl)c(Cl)c(Cl)c1Cl. The van der Waals surface area contributed by atoms with Crippen molar-refractivity contribution in [3.05, 3.63) is 25.1 Å². The van der Waals surface area contributed by atoms with E-state index < -0.39 is 7.12 Å². The van der Waals surface area contributed by atoms with Gasteiger partial charge in [-0.25, -0.2) is 0 Å². The number of hydrogen-bond acceptors (Lipinski definition) is 2. The summed E-state index contributed by atoms with van der Waals surface area (Å²) in [6.45, 7) is 0. The summed E-state index contributed by atoms with van der Waals surface area (Å²) in [4.78, 5) is 0. The molecule has 0 atom stereocenters. The van der Waals surface area contributed by atoms with E-state index in [9.17, 15) is 0 Å². The lowest BCUT2D eigenvalue weighted by Gasteiger charge is -2.11. The molecule has 14 heavy (non-hydrogen) atoms.